The van der Waals surface area contributed by atoms with Crippen molar-refractivity contribution in [2.24, 2.45) is 5.84 Å². The van der Waals surface area contributed by atoms with E-state index in [1.165, 1.54) is 54.5 Å². The molecule has 0 spiro atoms. The Balaban J connectivity index is 0.00000338. The number of rotatable bonds is 10. The van der Waals surface area contributed by atoms with Crippen molar-refractivity contribution in [2.45, 2.75) is 71.6 Å². The number of hydrazine groups is 1. The van der Waals surface area contributed by atoms with Crippen LogP contribution in [0.1, 0.15) is 70.8 Å². The molecule has 0 aliphatic heterocycles. The van der Waals surface area contributed by atoms with Crippen LogP contribution < -0.4 is 10.9 Å². The predicted molar refractivity (Wildman–Crippen MR) is 115 cm³/mol. The SMILES string of the molecule is CCCCCCCCc1ccc2cc(N(N)C(=O)CCC)ccc2c1.Cl. The lowest BCUT2D eigenvalue weighted by Crippen LogP contribution is -2.37. The molecule has 3 nitrogen and oxygen atoms in total. The highest BCUT2D eigenvalue weighted by molar-refractivity contribution is 5.95. The third-order valence-corrected chi connectivity index (χ3v) is 4.72. The number of amides is 1. The first kappa shape index (κ1) is 22.5. The molecule has 0 radical (unpaired) electrons. The van der Waals surface area contributed by atoms with Crippen LogP contribution in [-0.4, -0.2) is 5.91 Å². The first-order valence-corrected chi connectivity index (χ1v) is 9.76. The Labute approximate surface area is 164 Å². The highest BCUT2D eigenvalue weighted by Crippen LogP contribution is 2.23. The number of nitrogens with two attached hydrogens (primary N) is 1. The summed E-state index contributed by atoms with van der Waals surface area (Å²) in [4.78, 5) is 11.9. The van der Waals surface area contributed by atoms with Gasteiger partial charge in [0.2, 0.25) is 5.91 Å². The number of aryl methyl sites for hydroxylation is 1. The number of hydrogen-bond acceptors (Lipinski definition) is 2. The molecule has 2 N–H and O–H groups in total. The number of anilines is 1. The number of unbranched alkanes of at least 4 members (excludes halogenated alkanes) is 5. The minimum atomic E-state index is -0.0402. The number of benzene rings is 2. The fourth-order valence-electron chi connectivity index (χ4n) is 3.18. The zero-order chi connectivity index (χ0) is 18.1. The highest BCUT2D eigenvalue weighted by atomic mass is 35.5. The van der Waals surface area contributed by atoms with Gasteiger partial charge in [-0.05, 0) is 47.7 Å². The van der Waals surface area contributed by atoms with E-state index in [9.17, 15) is 4.79 Å². The van der Waals surface area contributed by atoms with E-state index in [2.05, 4.69) is 31.2 Å². The van der Waals surface area contributed by atoms with Crippen molar-refractivity contribution in [3.63, 3.8) is 0 Å². The van der Waals surface area contributed by atoms with E-state index >= 15 is 0 Å². The second-order valence-corrected chi connectivity index (χ2v) is 6.90. The summed E-state index contributed by atoms with van der Waals surface area (Å²) in [6, 6.07) is 12.6. The van der Waals surface area contributed by atoms with Crippen molar-refractivity contribution in [3.05, 3.63) is 42.0 Å². The van der Waals surface area contributed by atoms with Gasteiger partial charge >= 0.3 is 0 Å². The molecule has 2 rings (SSSR count). The molecule has 2 aromatic carbocycles. The third-order valence-electron chi connectivity index (χ3n) is 4.72. The molecule has 0 saturated heterocycles. The summed E-state index contributed by atoms with van der Waals surface area (Å²) in [7, 11) is 0. The molecule has 0 saturated carbocycles. The molecular formula is C22H33ClN2O. The fraction of sp³-hybridized carbons (Fsp3) is 0.500. The van der Waals surface area contributed by atoms with Crippen LogP contribution in [0.25, 0.3) is 10.8 Å². The van der Waals surface area contributed by atoms with Gasteiger partial charge in [-0.25, -0.2) is 10.9 Å². The topological polar surface area (TPSA) is 46.3 Å². The number of hydrogen-bond donors (Lipinski definition) is 1. The summed E-state index contributed by atoms with van der Waals surface area (Å²) in [6.07, 6.45) is 10.4. The zero-order valence-corrected chi connectivity index (χ0v) is 17.0. The normalized spacial score (nSPS) is 10.6. The monoisotopic (exact) mass is 376 g/mol. The van der Waals surface area contributed by atoms with Crippen molar-refractivity contribution >= 4 is 34.8 Å². The van der Waals surface area contributed by atoms with Gasteiger partial charge in [-0.15, -0.1) is 12.4 Å². The molecule has 4 heteroatoms. The maximum atomic E-state index is 11.9. The summed E-state index contributed by atoms with van der Waals surface area (Å²) in [6.45, 7) is 4.24. The lowest BCUT2D eigenvalue weighted by Gasteiger charge is -2.17. The van der Waals surface area contributed by atoms with Gasteiger partial charge in [0.05, 0.1) is 5.69 Å². The van der Waals surface area contributed by atoms with Crippen LogP contribution in [0.15, 0.2) is 36.4 Å². The van der Waals surface area contributed by atoms with Gasteiger partial charge in [-0.2, -0.15) is 0 Å². The Hall–Kier alpha value is -1.58. The summed E-state index contributed by atoms with van der Waals surface area (Å²) in [5, 5.41) is 3.61. The molecule has 0 unspecified atom stereocenters. The van der Waals surface area contributed by atoms with Crippen LogP contribution in [-0.2, 0) is 11.2 Å². The molecule has 0 atom stereocenters. The Morgan fingerprint density at radius 3 is 2.27 bits per heavy atom. The van der Waals surface area contributed by atoms with Crippen LogP contribution >= 0.6 is 12.4 Å². The van der Waals surface area contributed by atoms with E-state index < -0.39 is 0 Å². The average Bonchev–Trinajstić information content (AvgIpc) is 2.63. The van der Waals surface area contributed by atoms with Gasteiger partial charge < -0.3 is 0 Å². The number of carbonyl (C=O) groups is 1. The van der Waals surface area contributed by atoms with Crippen molar-refractivity contribution in [1.29, 1.82) is 0 Å². The Kier molecular flexibility index (Phi) is 10.3. The molecule has 0 aromatic heterocycles. The lowest BCUT2D eigenvalue weighted by atomic mass is 10.0. The van der Waals surface area contributed by atoms with Crippen LogP contribution in [0.5, 0.6) is 0 Å². The maximum absolute atomic E-state index is 11.9. The van der Waals surface area contributed by atoms with Crippen molar-refractivity contribution in [3.8, 4) is 0 Å². The summed E-state index contributed by atoms with van der Waals surface area (Å²) >= 11 is 0. The van der Waals surface area contributed by atoms with E-state index in [-0.39, 0.29) is 18.3 Å². The van der Waals surface area contributed by atoms with E-state index in [0.29, 0.717) is 6.42 Å². The average molecular weight is 377 g/mol. The van der Waals surface area contributed by atoms with Gasteiger partial charge in [0.1, 0.15) is 0 Å². The quantitative estimate of drug-likeness (QED) is 0.233. The molecule has 0 fully saturated rings. The summed E-state index contributed by atoms with van der Waals surface area (Å²) in [5.74, 6) is 5.90. The molecule has 1 amide bonds. The summed E-state index contributed by atoms with van der Waals surface area (Å²) in [5.41, 5.74) is 2.15. The van der Waals surface area contributed by atoms with E-state index in [1.807, 2.05) is 19.1 Å². The minimum Gasteiger partial charge on any atom is -0.273 e. The van der Waals surface area contributed by atoms with Gasteiger partial charge in [0.25, 0.3) is 0 Å². The predicted octanol–water partition coefficient (Wildman–Crippen LogP) is 6.17. The van der Waals surface area contributed by atoms with Crippen LogP contribution in [0.4, 0.5) is 5.69 Å². The van der Waals surface area contributed by atoms with Gasteiger partial charge in [-0.3, -0.25) is 4.79 Å². The second-order valence-electron chi connectivity index (χ2n) is 6.90. The van der Waals surface area contributed by atoms with Gasteiger partial charge in [0.15, 0.2) is 0 Å². The molecule has 0 aliphatic rings. The standard InChI is InChI=1S/C22H32N2O.ClH/c1-3-5-6-7-8-9-11-18-12-13-20-17-21(15-14-19(20)16-18)24(23)22(25)10-4-2;/h12-17H,3-11,23H2,1-2H3;1H. The van der Waals surface area contributed by atoms with Crippen LogP contribution in [0.2, 0.25) is 0 Å². The molecular weight excluding hydrogens is 344 g/mol. The van der Waals surface area contributed by atoms with E-state index in [4.69, 9.17) is 5.84 Å². The molecule has 26 heavy (non-hydrogen) atoms. The molecule has 0 aliphatic carbocycles. The number of carbonyl (C=O) groups excluding carboxylic acids is 1. The largest absolute Gasteiger partial charge is 0.273 e. The van der Waals surface area contributed by atoms with Gasteiger partial charge in [-0.1, -0.05) is 70.2 Å². The van der Waals surface area contributed by atoms with E-state index in [1.54, 1.807) is 0 Å². The van der Waals surface area contributed by atoms with E-state index in [0.717, 1.165) is 23.9 Å². The number of nitrogens with zero attached hydrogens (tertiary/aromatic N) is 1. The minimum absolute atomic E-state index is 0. The van der Waals surface area contributed by atoms with Crippen LogP contribution in [0.3, 0.4) is 0 Å². The first-order valence-electron chi connectivity index (χ1n) is 9.76. The van der Waals surface area contributed by atoms with Crippen molar-refractivity contribution in [1.82, 2.24) is 0 Å². The van der Waals surface area contributed by atoms with Gasteiger partial charge in [0, 0.05) is 6.42 Å². The molecule has 144 valence electrons. The fourth-order valence-corrected chi connectivity index (χ4v) is 3.18. The molecule has 0 bridgehead atoms. The van der Waals surface area contributed by atoms with Crippen molar-refractivity contribution in [2.75, 3.05) is 5.01 Å². The molecule has 2 aromatic rings. The number of halogens is 1. The van der Waals surface area contributed by atoms with Crippen molar-refractivity contribution < 1.29 is 4.79 Å². The smallest absolute Gasteiger partial charge is 0.241 e. The summed E-state index contributed by atoms with van der Waals surface area (Å²) < 4.78 is 0. The zero-order valence-electron chi connectivity index (χ0n) is 16.2. The highest BCUT2D eigenvalue weighted by Gasteiger charge is 2.11. The molecule has 0 heterocycles. The Morgan fingerprint density at radius 2 is 1.54 bits per heavy atom. The second kappa shape index (κ2) is 11.9. The number of fused-ring (bicyclic) bond motifs is 1. The Morgan fingerprint density at radius 1 is 0.885 bits per heavy atom. The third kappa shape index (κ3) is 6.62. The lowest BCUT2D eigenvalue weighted by molar-refractivity contribution is -0.118. The Bertz CT molecular complexity index is 687. The first-order chi connectivity index (χ1) is 12.2. The maximum Gasteiger partial charge on any atom is 0.241 e. The van der Waals surface area contributed by atoms with Crippen LogP contribution in [0, 0.1) is 0 Å².